The van der Waals surface area contributed by atoms with Gasteiger partial charge in [-0.3, -0.25) is 4.79 Å². The molecule has 5 nitrogen and oxygen atoms in total. The van der Waals surface area contributed by atoms with E-state index in [2.05, 4.69) is 4.98 Å². The summed E-state index contributed by atoms with van der Waals surface area (Å²) in [6.45, 7) is 0.959. The minimum Gasteiger partial charge on any atom is -0.478 e. The predicted molar refractivity (Wildman–Crippen MR) is 74.0 cm³/mol. The van der Waals surface area contributed by atoms with Crippen molar-refractivity contribution in [3.05, 3.63) is 51.5 Å². The number of carboxylic acid groups (broad SMARTS) is 1. The second-order valence-electron chi connectivity index (χ2n) is 4.60. The molecule has 1 aromatic carbocycles. The van der Waals surface area contributed by atoms with Crippen molar-refractivity contribution in [1.29, 1.82) is 0 Å². The average molecular weight is 288 g/mol. The van der Waals surface area contributed by atoms with E-state index in [9.17, 15) is 14.7 Å². The van der Waals surface area contributed by atoms with Gasteiger partial charge in [0.05, 0.1) is 11.1 Å². The van der Waals surface area contributed by atoms with Crippen LogP contribution in [0.1, 0.15) is 32.0 Å². The van der Waals surface area contributed by atoms with Gasteiger partial charge in [-0.05, 0) is 23.6 Å². The normalized spacial score (nSPS) is 13.9. The maximum absolute atomic E-state index is 12.2. The number of amides is 1. The fourth-order valence-electron chi connectivity index (χ4n) is 2.46. The SMILES string of the molecule is O=C(O)c1cccc2c1CCN(C(=O)c1cscn1)C2. The summed E-state index contributed by atoms with van der Waals surface area (Å²) >= 11 is 1.39. The van der Waals surface area contributed by atoms with Gasteiger partial charge in [-0.1, -0.05) is 12.1 Å². The lowest BCUT2D eigenvalue weighted by atomic mass is 9.94. The lowest BCUT2D eigenvalue weighted by Crippen LogP contribution is -2.36. The number of benzene rings is 1. The highest BCUT2D eigenvalue weighted by Gasteiger charge is 2.25. The van der Waals surface area contributed by atoms with E-state index < -0.39 is 5.97 Å². The van der Waals surface area contributed by atoms with Gasteiger partial charge >= 0.3 is 5.97 Å². The van der Waals surface area contributed by atoms with Crippen LogP contribution in [0, 0.1) is 0 Å². The first-order valence-corrected chi connectivity index (χ1v) is 7.12. The molecule has 20 heavy (non-hydrogen) atoms. The van der Waals surface area contributed by atoms with Gasteiger partial charge in [-0.15, -0.1) is 11.3 Å². The van der Waals surface area contributed by atoms with Crippen LogP contribution in [0.3, 0.4) is 0 Å². The summed E-state index contributed by atoms with van der Waals surface area (Å²) in [5, 5.41) is 10.9. The van der Waals surface area contributed by atoms with Crippen LogP contribution in [0.15, 0.2) is 29.1 Å². The summed E-state index contributed by atoms with van der Waals surface area (Å²) in [5.41, 5.74) is 4.16. The van der Waals surface area contributed by atoms with Gasteiger partial charge in [0, 0.05) is 18.5 Å². The predicted octanol–water partition coefficient (Wildman–Crippen LogP) is 2.04. The number of rotatable bonds is 2. The van der Waals surface area contributed by atoms with E-state index in [0.29, 0.717) is 30.8 Å². The van der Waals surface area contributed by atoms with E-state index in [1.807, 2.05) is 6.07 Å². The van der Waals surface area contributed by atoms with Crippen LogP contribution in [0.25, 0.3) is 0 Å². The van der Waals surface area contributed by atoms with Gasteiger partial charge in [0.2, 0.25) is 0 Å². The first-order valence-electron chi connectivity index (χ1n) is 6.18. The van der Waals surface area contributed by atoms with E-state index in [4.69, 9.17) is 0 Å². The molecule has 0 radical (unpaired) electrons. The van der Waals surface area contributed by atoms with Crippen molar-refractivity contribution in [2.24, 2.45) is 0 Å². The average Bonchev–Trinajstić information content (AvgIpc) is 2.99. The van der Waals surface area contributed by atoms with Crippen LogP contribution in [0.2, 0.25) is 0 Å². The fourth-order valence-corrected chi connectivity index (χ4v) is 2.99. The summed E-state index contributed by atoms with van der Waals surface area (Å²) in [4.78, 5) is 29.2. The highest BCUT2D eigenvalue weighted by atomic mass is 32.1. The van der Waals surface area contributed by atoms with E-state index in [1.165, 1.54) is 11.3 Å². The molecule has 0 bridgehead atoms. The summed E-state index contributed by atoms with van der Waals surface area (Å²) < 4.78 is 0. The second-order valence-corrected chi connectivity index (χ2v) is 5.32. The number of carbonyl (C=O) groups is 2. The van der Waals surface area contributed by atoms with Crippen molar-refractivity contribution >= 4 is 23.2 Å². The zero-order chi connectivity index (χ0) is 14.1. The third-order valence-electron chi connectivity index (χ3n) is 3.44. The molecule has 6 heteroatoms. The zero-order valence-corrected chi connectivity index (χ0v) is 11.4. The number of aromatic nitrogens is 1. The molecule has 0 spiro atoms. The summed E-state index contributed by atoms with van der Waals surface area (Å²) in [6, 6.07) is 5.21. The molecule has 2 aromatic rings. The second kappa shape index (κ2) is 5.05. The summed E-state index contributed by atoms with van der Waals surface area (Å²) in [5.74, 6) is -1.02. The smallest absolute Gasteiger partial charge is 0.335 e. The number of carbonyl (C=O) groups excluding carboxylic acids is 1. The minimum absolute atomic E-state index is 0.0994. The van der Waals surface area contributed by atoms with Gasteiger partial charge < -0.3 is 10.0 Å². The molecule has 0 atom stereocenters. The van der Waals surface area contributed by atoms with Crippen LogP contribution in [0.4, 0.5) is 0 Å². The van der Waals surface area contributed by atoms with Gasteiger partial charge in [0.15, 0.2) is 0 Å². The number of hydrogen-bond donors (Lipinski definition) is 1. The first kappa shape index (κ1) is 12.8. The van der Waals surface area contributed by atoms with Crippen molar-refractivity contribution in [3.63, 3.8) is 0 Å². The van der Waals surface area contributed by atoms with Gasteiger partial charge in [0.1, 0.15) is 5.69 Å². The fraction of sp³-hybridized carbons (Fsp3) is 0.214. The lowest BCUT2D eigenvalue weighted by Gasteiger charge is -2.29. The molecule has 3 rings (SSSR count). The third-order valence-corrected chi connectivity index (χ3v) is 4.02. The lowest BCUT2D eigenvalue weighted by molar-refractivity contribution is 0.0694. The van der Waals surface area contributed by atoms with Crippen LogP contribution in [0.5, 0.6) is 0 Å². The van der Waals surface area contributed by atoms with E-state index in [0.717, 1.165) is 11.1 Å². The Kier molecular flexibility index (Phi) is 3.23. The quantitative estimate of drug-likeness (QED) is 0.918. The highest BCUT2D eigenvalue weighted by molar-refractivity contribution is 7.07. The van der Waals surface area contributed by atoms with E-state index >= 15 is 0 Å². The summed E-state index contributed by atoms with van der Waals surface area (Å²) in [6.07, 6.45) is 0.563. The van der Waals surface area contributed by atoms with Gasteiger partial charge in [-0.2, -0.15) is 0 Å². The molecule has 0 fully saturated rings. The highest BCUT2D eigenvalue weighted by Crippen LogP contribution is 2.23. The Bertz CT molecular complexity index is 667. The largest absolute Gasteiger partial charge is 0.478 e. The molecule has 0 unspecified atom stereocenters. The Labute approximate surface area is 119 Å². The van der Waals surface area contributed by atoms with E-state index in [1.54, 1.807) is 27.9 Å². The third kappa shape index (κ3) is 2.18. The van der Waals surface area contributed by atoms with Crippen LogP contribution < -0.4 is 0 Å². The minimum atomic E-state index is -0.916. The molecule has 2 heterocycles. The molecular weight excluding hydrogens is 276 g/mol. The monoisotopic (exact) mass is 288 g/mol. The topological polar surface area (TPSA) is 70.5 Å². The van der Waals surface area contributed by atoms with Gasteiger partial charge in [0.25, 0.3) is 5.91 Å². The Morgan fingerprint density at radius 2 is 2.20 bits per heavy atom. The Morgan fingerprint density at radius 3 is 2.90 bits per heavy atom. The maximum Gasteiger partial charge on any atom is 0.335 e. The number of carboxylic acids is 1. The molecule has 0 saturated heterocycles. The zero-order valence-electron chi connectivity index (χ0n) is 10.6. The number of aromatic carboxylic acids is 1. The van der Waals surface area contributed by atoms with Crippen molar-refractivity contribution < 1.29 is 14.7 Å². The van der Waals surface area contributed by atoms with Crippen molar-refractivity contribution in [3.8, 4) is 0 Å². The standard InChI is InChI=1S/C14H12N2O3S/c17-13(12-7-20-8-15-12)16-5-4-10-9(6-16)2-1-3-11(10)14(18)19/h1-3,7-8H,4-6H2,(H,18,19). The van der Waals surface area contributed by atoms with Crippen molar-refractivity contribution in [1.82, 2.24) is 9.88 Å². The van der Waals surface area contributed by atoms with Gasteiger partial charge in [-0.25, -0.2) is 9.78 Å². The molecule has 0 saturated carbocycles. The number of nitrogens with zero attached hydrogens (tertiary/aromatic N) is 2. The Morgan fingerprint density at radius 1 is 1.35 bits per heavy atom. The van der Waals surface area contributed by atoms with Crippen LogP contribution >= 0.6 is 11.3 Å². The van der Waals surface area contributed by atoms with Crippen LogP contribution in [-0.4, -0.2) is 33.4 Å². The van der Waals surface area contributed by atoms with E-state index in [-0.39, 0.29) is 5.91 Å². The Balaban J connectivity index is 1.88. The summed E-state index contributed by atoms with van der Waals surface area (Å²) in [7, 11) is 0. The number of hydrogen-bond acceptors (Lipinski definition) is 4. The Hall–Kier alpha value is -2.21. The molecule has 1 aromatic heterocycles. The van der Waals surface area contributed by atoms with Crippen molar-refractivity contribution in [2.45, 2.75) is 13.0 Å². The van der Waals surface area contributed by atoms with Crippen LogP contribution in [-0.2, 0) is 13.0 Å². The maximum atomic E-state index is 12.2. The molecule has 1 aliphatic heterocycles. The van der Waals surface area contributed by atoms with Crippen molar-refractivity contribution in [2.75, 3.05) is 6.54 Å². The molecule has 102 valence electrons. The number of thiazole rings is 1. The molecule has 1 aliphatic rings. The number of fused-ring (bicyclic) bond motifs is 1. The molecule has 1 amide bonds. The molecular formula is C14H12N2O3S. The molecule has 1 N–H and O–H groups in total. The first-order chi connectivity index (χ1) is 9.66. The molecule has 0 aliphatic carbocycles.